The highest BCUT2D eigenvalue weighted by Crippen LogP contribution is 2.07. The van der Waals surface area contributed by atoms with Crippen molar-refractivity contribution in [3.8, 4) is 0 Å². The fraction of sp³-hybridized carbons (Fsp3) is 0.900. The molecule has 8 heteroatoms. The van der Waals surface area contributed by atoms with Crippen molar-refractivity contribution in [3.63, 3.8) is 0 Å². The highest BCUT2D eigenvalue weighted by atomic mass is 32.1. The SMILES string of the molecule is CCCCCCCCONCCCC(C)CNC(=S)C(=S)NCCCC(C)CNC(=O)CCCCCCC. The Labute approximate surface area is 245 Å². The minimum absolute atomic E-state index is 0.186. The number of thiocarbonyl (C=S) groups is 2. The van der Waals surface area contributed by atoms with Gasteiger partial charge >= 0.3 is 0 Å². The summed E-state index contributed by atoms with van der Waals surface area (Å²) >= 11 is 10.9. The molecule has 0 aliphatic rings. The van der Waals surface area contributed by atoms with Crippen molar-refractivity contribution in [1.29, 1.82) is 0 Å². The van der Waals surface area contributed by atoms with Gasteiger partial charge in [0.15, 0.2) is 0 Å². The number of carbonyl (C=O) groups excluding carboxylic acids is 1. The molecule has 2 atom stereocenters. The Morgan fingerprint density at radius 2 is 1.18 bits per heavy atom. The third kappa shape index (κ3) is 25.4. The van der Waals surface area contributed by atoms with Gasteiger partial charge in [0.2, 0.25) is 5.91 Å². The summed E-state index contributed by atoms with van der Waals surface area (Å²) in [6.45, 7) is 12.9. The first-order chi connectivity index (χ1) is 18.4. The zero-order chi connectivity index (χ0) is 28.3. The Hall–Kier alpha value is -0.830. The van der Waals surface area contributed by atoms with E-state index in [1.54, 1.807) is 0 Å². The van der Waals surface area contributed by atoms with Gasteiger partial charge < -0.3 is 20.8 Å². The fourth-order valence-corrected chi connectivity index (χ4v) is 4.50. The van der Waals surface area contributed by atoms with Gasteiger partial charge in [-0.1, -0.05) is 110 Å². The van der Waals surface area contributed by atoms with E-state index >= 15 is 0 Å². The highest BCUT2D eigenvalue weighted by molar-refractivity contribution is 7.89. The van der Waals surface area contributed by atoms with Crippen molar-refractivity contribution < 1.29 is 9.63 Å². The molecule has 0 rings (SSSR count). The number of hydroxylamine groups is 1. The zero-order valence-corrected chi connectivity index (χ0v) is 26.8. The van der Waals surface area contributed by atoms with E-state index in [9.17, 15) is 4.79 Å². The van der Waals surface area contributed by atoms with E-state index in [-0.39, 0.29) is 5.91 Å². The van der Waals surface area contributed by atoms with Crippen LogP contribution in [0.1, 0.15) is 130 Å². The molecule has 224 valence electrons. The summed E-state index contributed by atoms with van der Waals surface area (Å²) in [4.78, 5) is 18.8. The van der Waals surface area contributed by atoms with Crippen LogP contribution < -0.4 is 21.4 Å². The van der Waals surface area contributed by atoms with Gasteiger partial charge in [0.05, 0.1) is 6.61 Å². The van der Waals surface area contributed by atoms with Crippen molar-refractivity contribution in [2.75, 3.05) is 32.8 Å². The number of nitrogens with one attached hydrogen (secondary N) is 4. The lowest BCUT2D eigenvalue weighted by Crippen LogP contribution is -2.39. The zero-order valence-electron chi connectivity index (χ0n) is 25.1. The molecule has 0 heterocycles. The molecule has 0 bridgehead atoms. The number of hydrogen-bond acceptors (Lipinski definition) is 5. The van der Waals surface area contributed by atoms with Gasteiger partial charge in [-0.3, -0.25) is 4.79 Å². The lowest BCUT2D eigenvalue weighted by molar-refractivity contribution is -0.121. The van der Waals surface area contributed by atoms with Crippen LogP contribution in [0.3, 0.4) is 0 Å². The minimum atomic E-state index is 0.186. The van der Waals surface area contributed by atoms with Crippen molar-refractivity contribution in [3.05, 3.63) is 0 Å². The molecule has 0 aliphatic heterocycles. The molecule has 1 amide bonds. The van der Waals surface area contributed by atoms with Crippen molar-refractivity contribution in [2.45, 2.75) is 130 Å². The van der Waals surface area contributed by atoms with Crippen LogP contribution in [0.15, 0.2) is 0 Å². The molecule has 0 spiro atoms. The largest absolute Gasteiger partial charge is 0.374 e. The van der Waals surface area contributed by atoms with Gasteiger partial charge in [-0.15, -0.1) is 0 Å². The Morgan fingerprint density at radius 3 is 1.84 bits per heavy atom. The number of carbonyl (C=O) groups is 1. The first-order valence-corrected chi connectivity index (χ1v) is 16.4. The molecule has 0 aromatic heterocycles. The van der Waals surface area contributed by atoms with E-state index in [0.29, 0.717) is 28.2 Å². The fourth-order valence-electron chi connectivity index (χ4n) is 4.17. The van der Waals surface area contributed by atoms with E-state index in [1.807, 2.05) is 0 Å². The van der Waals surface area contributed by atoms with Gasteiger partial charge in [0.1, 0.15) is 9.98 Å². The molecule has 0 aromatic rings. The Kier molecular flexibility index (Phi) is 27.1. The van der Waals surface area contributed by atoms with Crippen molar-refractivity contribution >= 4 is 40.3 Å². The number of amides is 1. The van der Waals surface area contributed by atoms with Gasteiger partial charge in [0, 0.05) is 32.6 Å². The molecule has 0 aromatic carbocycles. The van der Waals surface area contributed by atoms with Crippen LogP contribution in [0, 0.1) is 11.8 Å². The number of hydrogen-bond donors (Lipinski definition) is 4. The Balaban J connectivity index is 3.63. The van der Waals surface area contributed by atoms with E-state index in [4.69, 9.17) is 29.3 Å². The summed E-state index contributed by atoms with van der Waals surface area (Å²) < 4.78 is 0. The number of rotatable bonds is 26. The van der Waals surface area contributed by atoms with Crippen LogP contribution in [-0.2, 0) is 9.63 Å². The molecular formula is C30H60N4O2S2. The lowest BCUT2D eigenvalue weighted by atomic mass is 10.1. The van der Waals surface area contributed by atoms with E-state index < -0.39 is 0 Å². The third-order valence-electron chi connectivity index (χ3n) is 6.81. The predicted molar refractivity (Wildman–Crippen MR) is 172 cm³/mol. The van der Waals surface area contributed by atoms with Gasteiger partial charge in [-0.25, -0.2) is 5.48 Å². The third-order valence-corrected chi connectivity index (χ3v) is 7.64. The summed E-state index contributed by atoms with van der Waals surface area (Å²) in [5.74, 6) is 1.16. The lowest BCUT2D eigenvalue weighted by Gasteiger charge is -2.16. The topological polar surface area (TPSA) is 74.4 Å². The predicted octanol–water partition coefficient (Wildman–Crippen LogP) is 7.01. The monoisotopic (exact) mass is 572 g/mol. The molecule has 6 nitrogen and oxygen atoms in total. The molecule has 0 aliphatic carbocycles. The van der Waals surface area contributed by atoms with Gasteiger partial charge in [0.25, 0.3) is 0 Å². The van der Waals surface area contributed by atoms with E-state index in [2.05, 4.69) is 49.1 Å². The minimum Gasteiger partial charge on any atom is -0.374 e. The molecule has 0 saturated carbocycles. The van der Waals surface area contributed by atoms with Crippen LogP contribution in [0.2, 0.25) is 0 Å². The quantitative estimate of drug-likeness (QED) is 0.0505. The maximum absolute atomic E-state index is 12.0. The summed E-state index contributed by atoms with van der Waals surface area (Å²) in [6, 6.07) is 0. The van der Waals surface area contributed by atoms with E-state index in [0.717, 1.165) is 77.7 Å². The molecule has 0 radical (unpaired) electrons. The molecule has 0 fully saturated rings. The highest BCUT2D eigenvalue weighted by Gasteiger charge is 2.09. The van der Waals surface area contributed by atoms with Crippen LogP contribution >= 0.6 is 24.4 Å². The van der Waals surface area contributed by atoms with Crippen LogP contribution in [0.4, 0.5) is 0 Å². The summed E-state index contributed by atoms with van der Waals surface area (Å²) in [5.41, 5.74) is 3.09. The first-order valence-electron chi connectivity index (χ1n) is 15.6. The van der Waals surface area contributed by atoms with Crippen LogP contribution in [0.5, 0.6) is 0 Å². The molecular weight excluding hydrogens is 512 g/mol. The molecule has 38 heavy (non-hydrogen) atoms. The summed E-state index contributed by atoms with van der Waals surface area (Å²) in [7, 11) is 0. The maximum atomic E-state index is 12.0. The Bertz CT molecular complexity index is 593. The van der Waals surface area contributed by atoms with Crippen molar-refractivity contribution in [1.82, 2.24) is 21.4 Å². The normalized spacial score (nSPS) is 12.6. The summed E-state index contributed by atoms with van der Waals surface area (Å²) in [5, 5.41) is 9.67. The van der Waals surface area contributed by atoms with Crippen molar-refractivity contribution in [2.24, 2.45) is 11.8 Å². The van der Waals surface area contributed by atoms with Crippen LogP contribution in [-0.4, -0.2) is 48.7 Å². The molecule has 4 N–H and O–H groups in total. The second-order valence-electron chi connectivity index (χ2n) is 10.9. The standard InChI is InChI=1S/C30H60N4O2S2/c1-5-7-9-11-13-15-23-36-34-22-17-19-27(4)25-33-30(38)29(37)31-21-16-18-26(3)24-32-28(35)20-14-12-10-8-6-2/h26-27,34H,5-25H2,1-4H3,(H,31,37)(H,32,35)(H,33,38). The average molecular weight is 573 g/mol. The van der Waals surface area contributed by atoms with Crippen LogP contribution in [0.25, 0.3) is 0 Å². The average Bonchev–Trinajstić information content (AvgIpc) is 2.91. The second-order valence-corrected chi connectivity index (χ2v) is 11.8. The first kappa shape index (κ1) is 37.2. The molecule has 2 unspecified atom stereocenters. The maximum Gasteiger partial charge on any atom is 0.220 e. The van der Waals surface area contributed by atoms with Gasteiger partial charge in [-0.2, -0.15) is 0 Å². The van der Waals surface area contributed by atoms with Gasteiger partial charge in [-0.05, 0) is 50.4 Å². The summed E-state index contributed by atoms with van der Waals surface area (Å²) in [6.07, 6.45) is 18.5. The molecule has 0 saturated heterocycles. The second kappa shape index (κ2) is 27.7. The Morgan fingerprint density at radius 1 is 0.658 bits per heavy atom. The smallest absolute Gasteiger partial charge is 0.220 e. The number of unbranched alkanes of at least 4 members (excludes halogenated alkanes) is 9. The van der Waals surface area contributed by atoms with E-state index in [1.165, 1.54) is 51.4 Å².